The van der Waals surface area contributed by atoms with E-state index < -0.39 is 0 Å². The highest BCUT2D eigenvalue weighted by Crippen LogP contribution is 2.29. The van der Waals surface area contributed by atoms with Gasteiger partial charge in [-0.3, -0.25) is 4.79 Å². The van der Waals surface area contributed by atoms with Crippen LogP contribution < -0.4 is 4.74 Å². The SMILES string of the molecule is CCC1CCCCN1C(=O)Cc1c[nH]c2cccc(OC)c12. The lowest BCUT2D eigenvalue weighted by molar-refractivity contribution is -0.134. The Hall–Kier alpha value is -1.97. The van der Waals surface area contributed by atoms with Gasteiger partial charge in [0.05, 0.1) is 13.5 Å². The van der Waals surface area contributed by atoms with Gasteiger partial charge in [0.2, 0.25) is 5.91 Å². The Kier molecular flexibility index (Phi) is 4.36. The van der Waals surface area contributed by atoms with Crippen LogP contribution in [0.3, 0.4) is 0 Å². The zero-order valence-corrected chi connectivity index (χ0v) is 13.4. The average molecular weight is 300 g/mol. The van der Waals surface area contributed by atoms with Crippen molar-refractivity contribution in [1.29, 1.82) is 0 Å². The van der Waals surface area contributed by atoms with E-state index in [1.807, 2.05) is 24.4 Å². The summed E-state index contributed by atoms with van der Waals surface area (Å²) >= 11 is 0. The van der Waals surface area contributed by atoms with E-state index in [4.69, 9.17) is 4.74 Å². The summed E-state index contributed by atoms with van der Waals surface area (Å²) in [6.07, 6.45) is 6.93. The number of amides is 1. The molecular weight excluding hydrogens is 276 g/mol. The molecule has 1 N–H and O–H groups in total. The molecule has 0 bridgehead atoms. The van der Waals surface area contributed by atoms with E-state index in [-0.39, 0.29) is 5.91 Å². The van der Waals surface area contributed by atoms with Crippen molar-refractivity contribution in [3.63, 3.8) is 0 Å². The molecule has 1 saturated heterocycles. The second kappa shape index (κ2) is 6.42. The molecule has 0 aliphatic carbocycles. The highest BCUT2D eigenvalue weighted by molar-refractivity contribution is 5.93. The Morgan fingerprint density at radius 3 is 3.05 bits per heavy atom. The highest BCUT2D eigenvalue weighted by atomic mass is 16.5. The number of fused-ring (bicyclic) bond motifs is 1. The van der Waals surface area contributed by atoms with Gasteiger partial charge in [0, 0.05) is 29.7 Å². The number of aromatic nitrogens is 1. The summed E-state index contributed by atoms with van der Waals surface area (Å²) in [4.78, 5) is 18.1. The lowest BCUT2D eigenvalue weighted by atomic mass is 9.99. The third kappa shape index (κ3) is 2.70. The van der Waals surface area contributed by atoms with Crippen molar-refractivity contribution in [2.24, 2.45) is 0 Å². The molecule has 22 heavy (non-hydrogen) atoms. The number of carbonyl (C=O) groups excluding carboxylic acids is 1. The first-order chi connectivity index (χ1) is 10.7. The standard InChI is InChI=1S/C18H24N2O2/c1-3-14-7-4-5-10-20(14)17(21)11-13-12-19-15-8-6-9-16(22-2)18(13)15/h6,8-9,12,14,19H,3-5,7,10-11H2,1-2H3. The molecule has 1 aliphatic rings. The van der Waals surface area contributed by atoms with Crippen molar-refractivity contribution in [3.05, 3.63) is 30.0 Å². The smallest absolute Gasteiger partial charge is 0.227 e. The van der Waals surface area contributed by atoms with Gasteiger partial charge < -0.3 is 14.6 Å². The second-order valence-electron chi connectivity index (χ2n) is 6.02. The van der Waals surface area contributed by atoms with E-state index in [1.54, 1.807) is 7.11 Å². The van der Waals surface area contributed by atoms with E-state index in [0.717, 1.165) is 48.0 Å². The minimum absolute atomic E-state index is 0.235. The molecule has 2 aromatic rings. The number of piperidine rings is 1. The molecule has 1 fully saturated rings. The average Bonchev–Trinajstić information content (AvgIpc) is 2.97. The van der Waals surface area contributed by atoms with Crippen LogP contribution in [0.15, 0.2) is 24.4 Å². The molecule has 2 heterocycles. The number of hydrogen-bond donors (Lipinski definition) is 1. The van der Waals surface area contributed by atoms with Crippen LogP contribution in [0.2, 0.25) is 0 Å². The monoisotopic (exact) mass is 300 g/mol. The fraction of sp³-hybridized carbons (Fsp3) is 0.500. The van der Waals surface area contributed by atoms with Crippen LogP contribution in [0.4, 0.5) is 0 Å². The molecule has 1 amide bonds. The first-order valence-electron chi connectivity index (χ1n) is 8.17. The fourth-order valence-electron chi connectivity index (χ4n) is 3.55. The molecule has 1 aliphatic heterocycles. The second-order valence-corrected chi connectivity index (χ2v) is 6.02. The predicted molar refractivity (Wildman–Crippen MR) is 88.2 cm³/mol. The topological polar surface area (TPSA) is 45.3 Å². The first kappa shape index (κ1) is 14.9. The van der Waals surface area contributed by atoms with Crippen LogP contribution in [0.5, 0.6) is 5.75 Å². The van der Waals surface area contributed by atoms with Crippen LogP contribution in [0.25, 0.3) is 10.9 Å². The maximum Gasteiger partial charge on any atom is 0.227 e. The summed E-state index contributed by atoms with van der Waals surface area (Å²) in [5.74, 6) is 1.06. The van der Waals surface area contributed by atoms with Crippen molar-refractivity contribution in [2.45, 2.75) is 45.1 Å². The molecule has 0 radical (unpaired) electrons. The van der Waals surface area contributed by atoms with Gasteiger partial charge in [0.25, 0.3) is 0 Å². The summed E-state index contributed by atoms with van der Waals surface area (Å²) in [6.45, 7) is 3.07. The minimum Gasteiger partial charge on any atom is -0.496 e. The van der Waals surface area contributed by atoms with Gasteiger partial charge in [-0.05, 0) is 43.4 Å². The van der Waals surface area contributed by atoms with E-state index in [2.05, 4.69) is 16.8 Å². The van der Waals surface area contributed by atoms with Crippen LogP contribution in [-0.2, 0) is 11.2 Å². The third-order valence-electron chi connectivity index (χ3n) is 4.73. The minimum atomic E-state index is 0.235. The maximum absolute atomic E-state index is 12.7. The van der Waals surface area contributed by atoms with Crippen LogP contribution in [-0.4, -0.2) is 35.5 Å². The van der Waals surface area contributed by atoms with Gasteiger partial charge in [-0.2, -0.15) is 0 Å². The van der Waals surface area contributed by atoms with Gasteiger partial charge in [-0.15, -0.1) is 0 Å². The van der Waals surface area contributed by atoms with Crippen molar-refractivity contribution >= 4 is 16.8 Å². The quantitative estimate of drug-likeness (QED) is 0.939. The molecule has 1 aromatic carbocycles. The predicted octanol–water partition coefficient (Wildman–Crippen LogP) is 3.51. The molecule has 1 atom stereocenters. The van der Waals surface area contributed by atoms with E-state index in [1.165, 1.54) is 6.42 Å². The van der Waals surface area contributed by atoms with E-state index in [0.29, 0.717) is 12.5 Å². The summed E-state index contributed by atoms with van der Waals surface area (Å²) in [7, 11) is 1.67. The number of nitrogens with zero attached hydrogens (tertiary/aromatic N) is 1. The molecule has 1 aromatic heterocycles. The van der Waals surface area contributed by atoms with E-state index >= 15 is 0 Å². The Bertz CT molecular complexity index is 662. The first-order valence-corrected chi connectivity index (χ1v) is 8.17. The Labute approximate surface area is 131 Å². The molecule has 118 valence electrons. The zero-order valence-electron chi connectivity index (χ0n) is 13.4. The molecule has 0 spiro atoms. The number of likely N-dealkylation sites (tertiary alicyclic amines) is 1. The molecule has 1 unspecified atom stereocenters. The third-order valence-corrected chi connectivity index (χ3v) is 4.73. The molecule has 4 nitrogen and oxygen atoms in total. The Morgan fingerprint density at radius 1 is 1.41 bits per heavy atom. The number of H-pyrrole nitrogens is 1. The van der Waals surface area contributed by atoms with Gasteiger partial charge in [-0.25, -0.2) is 0 Å². The van der Waals surface area contributed by atoms with Crippen LogP contribution >= 0.6 is 0 Å². The summed E-state index contributed by atoms with van der Waals surface area (Å²) in [5.41, 5.74) is 2.05. The lowest BCUT2D eigenvalue weighted by Crippen LogP contribution is -2.44. The van der Waals surface area contributed by atoms with Crippen molar-refractivity contribution in [2.75, 3.05) is 13.7 Å². The van der Waals surface area contributed by atoms with Crippen molar-refractivity contribution < 1.29 is 9.53 Å². The molecule has 0 saturated carbocycles. The summed E-state index contributed by atoms with van der Waals surface area (Å²) in [6, 6.07) is 6.33. The zero-order chi connectivity index (χ0) is 15.5. The van der Waals surface area contributed by atoms with Crippen LogP contribution in [0, 0.1) is 0 Å². The maximum atomic E-state index is 12.7. The number of nitrogens with one attached hydrogen (secondary N) is 1. The number of methoxy groups -OCH3 is 1. The molecule has 3 rings (SSSR count). The molecule has 4 heteroatoms. The lowest BCUT2D eigenvalue weighted by Gasteiger charge is -2.35. The normalized spacial score (nSPS) is 18.6. The highest BCUT2D eigenvalue weighted by Gasteiger charge is 2.26. The largest absolute Gasteiger partial charge is 0.496 e. The molecular formula is C18H24N2O2. The number of ether oxygens (including phenoxy) is 1. The number of hydrogen-bond acceptors (Lipinski definition) is 2. The van der Waals surface area contributed by atoms with Crippen molar-refractivity contribution in [3.8, 4) is 5.75 Å². The summed E-state index contributed by atoms with van der Waals surface area (Å²) in [5, 5.41) is 1.03. The van der Waals surface area contributed by atoms with Gasteiger partial charge in [0.15, 0.2) is 0 Å². The van der Waals surface area contributed by atoms with Gasteiger partial charge in [-0.1, -0.05) is 13.0 Å². The Balaban J connectivity index is 1.85. The summed E-state index contributed by atoms with van der Waals surface area (Å²) < 4.78 is 5.45. The van der Waals surface area contributed by atoms with Crippen LogP contribution in [0.1, 0.15) is 38.2 Å². The number of rotatable bonds is 4. The fourth-order valence-corrected chi connectivity index (χ4v) is 3.55. The Morgan fingerprint density at radius 2 is 2.27 bits per heavy atom. The number of benzene rings is 1. The van der Waals surface area contributed by atoms with Gasteiger partial charge >= 0.3 is 0 Å². The number of carbonyl (C=O) groups is 1. The number of aromatic amines is 1. The van der Waals surface area contributed by atoms with Crippen molar-refractivity contribution in [1.82, 2.24) is 9.88 Å². The van der Waals surface area contributed by atoms with E-state index in [9.17, 15) is 4.79 Å². The van der Waals surface area contributed by atoms with Gasteiger partial charge in [0.1, 0.15) is 5.75 Å².